The van der Waals surface area contributed by atoms with Crippen LogP contribution in [-0.4, -0.2) is 35.8 Å². The van der Waals surface area contributed by atoms with Gasteiger partial charge in [-0.3, -0.25) is 29.0 Å². The molecule has 0 radical (unpaired) electrons. The van der Waals surface area contributed by atoms with Crippen molar-refractivity contribution in [3.8, 4) is 11.5 Å². The minimum absolute atomic E-state index is 0.0969. The standard InChI is InChI=1S/C33H26Cl2N2O6/c1-43-26-13-2-16(14-25(26)38)27-21-11-12-22-28(32(41)36(30(22)39)19-7-3-17(34)4-8-19)23(21)15-24-29(27)33(42)37(31(24)40)20-9-5-18(35)6-10-20/h2-11,13-14,22-24,27-29,38H,12,15H2,1H3/t22-,23+,24+,27-,28-,29+/m0/s1. The van der Waals surface area contributed by atoms with Crippen LogP contribution in [0, 0.1) is 29.6 Å². The summed E-state index contributed by atoms with van der Waals surface area (Å²) in [5.74, 6) is -4.95. The number of rotatable bonds is 4. The molecule has 2 aliphatic carbocycles. The predicted octanol–water partition coefficient (Wildman–Crippen LogP) is 5.75. The van der Waals surface area contributed by atoms with Crippen molar-refractivity contribution in [1.82, 2.24) is 0 Å². The molecule has 43 heavy (non-hydrogen) atoms. The van der Waals surface area contributed by atoms with E-state index in [0.717, 1.165) is 5.57 Å². The van der Waals surface area contributed by atoms with Gasteiger partial charge in [-0.15, -0.1) is 0 Å². The van der Waals surface area contributed by atoms with Crippen molar-refractivity contribution in [1.29, 1.82) is 0 Å². The second-order valence-electron chi connectivity index (χ2n) is 11.4. The highest BCUT2D eigenvalue weighted by molar-refractivity contribution is 6.31. The Labute approximate surface area is 257 Å². The molecule has 3 fully saturated rings. The number of hydrogen-bond acceptors (Lipinski definition) is 6. The van der Waals surface area contributed by atoms with E-state index in [-0.39, 0.29) is 41.5 Å². The van der Waals surface area contributed by atoms with E-state index in [1.807, 2.05) is 6.08 Å². The first-order chi connectivity index (χ1) is 20.7. The fraction of sp³-hybridized carbons (Fsp3) is 0.273. The van der Waals surface area contributed by atoms with Crippen molar-refractivity contribution >= 4 is 58.2 Å². The molecule has 2 saturated heterocycles. The first-order valence-corrected chi connectivity index (χ1v) is 14.8. The number of imide groups is 2. The van der Waals surface area contributed by atoms with Crippen molar-refractivity contribution < 1.29 is 29.0 Å². The zero-order valence-electron chi connectivity index (χ0n) is 22.9. The van der Waals surface area contributed by atoms with Crippen LogP contribution < -0.4 is 14.5 Å². The van der Waals surface area contributed by atoms with E-state index in [4.69, 9.17) is 27.9 Å². The molecule has 7 rings (SSSR count). The summed E-state index contributed by atoms with van der Waals surface area (Å²) in [4.78, 5) is 58.3. The third-order valence-electron chi connectivity index (χ3n) is 9.38. The summed E-state index contributed by atoms with van der Waals surface area (Å²) in [6, 6.07) is 18.0. The molecule has 2 heterocycles. The van der Waals surface area contributed by atoms with E-state index in [1.165, 1.54) is 16.9 Å². The number of phenols is 1. The van der Waals surface area contributed by atoms with E-state index in [2.05, 4.69) is 0 Å². The number of allylic oxidation sites excluding steroid dienone is 2. The third kappa shape index (κ3) is 4.18. The number of nitrogens with zero attached hydrogens (tertiary/aromatic N) is 2. The number of ether oxygens (including phenoxy) is 1. The molecule has 3 aromatic carbocycles. The van der Waals surface area contributed by atoms with Crippen molar-refractivity contribution in [2.45, 2.75) is 18.8 Å². The normalized spacial score (nSPS) is 28.0. The predicted molar refractivity (Wildman–Crippen MR) is 160 cm³/mol. The molecule has 6 atom stereocenters. The van der Waals surface area contributed by atoms with Crippen LogP contribution in [0.3, 0.4) is 0 Å². The minimum atomic E-state index is -0.755. The van der Waals surface area contributed by atoms with Crippen LogP contribution in [0.2, 0.25) is 10.0 Å². The molecule has 4 amide bonds. The Morgan fingerprint density at radius 2 is 1.28 bits per heavy atom. The number of methoxy groups -OCH3 is 1. The largest absolute Gasteiger partial charge is 0.504 e. The fourth-order valence-electron chi connectivity index (χ4n) is 7.55. The van der Waals surface area contributed by atoms with Gasteiger partial charge in [0, 0.05) is 16.0 Å². The first-order valence-electron chi connectivity index (χ1n) is 14.0. The van der Waals surface area contributed by atoms with E-state index >= 15 is 0 Å². The highest BCUT2D eigenvalue weighted by Crippen LogP contribution is 2.58. The molecule has 3 aromatic rings. The van der Waals surface area contributed by atoms with Crippen LogP contribution in [0.1, 0.15) is 24.3 Å². The topological polar surface area (TPSA) is 104 Å². The van der Waals surface area contributed by atoms with E-state index in [9.17, 15) is 24.3 Å². The van der Waals surface area contributed by atoms with E-state index in [0.29, 0.717) is 33.4 Å². The van der Waals surface area contributed by atoms with Gasteiger partial charge >= 0.3 is 0 Å². The Bertz CT molecular complexity index is 1720. The summed E-state index contributed by atoms with van der Waals surface area (Å²) in [5.41, 5.74) is 2.33. The van der Waals surface area contributed by atoms with Crippen molar-refractivity contribution in [2.75, 3.05) is 16.9 Å². The Hall–Kier alpha value is -4.14. The summed E-state index contributed by atoms with van der Waals surface area (Å²) in [6.45, 7) is 0. The SMILES string of the molecule is COc1ccc([C@H]2C3=CC[C@@H]4C(=O)N(c5ccc(Cl)cc5)C(=O)[C@@H]4[C@@H]3C[C@H]3C(=O)N(c4ccc(Cl)cc4)C(=O)[C@@H]23)cc1O. The molecule has 0 aromatic heterocycles. The number of phenolic OH excluding ortho intramolecular Hbond substituents is 1. The van der Waals surface area contributed by atoms with Gasteiger partial charge < -0.3 is 9.84 Å². The lowest BCUT2D eigenvalue weighted by Gasteiger charge is -2.44. The highest BCUT2D eigenvalue weighted by Gasteiger charge is 2.62. The van der Waals surface area contributed by atoms with Crippen molar-refractivity contribution in [2.24, 2.45) is 29.6 Å². The lowest BCUT2D eigenvalue weighted by Crippen LogP contribution is -2.43. The van der Waals surface area contributed by atoms with Crippen molar-refractivity contribution in [3.05, 3.63) is 94.0 Å². The molecule has 8 nitrogen and oxygen atoms in total. The first kappa shape index (κ1) is 27.7. The minimum Gasteiger partial charge on any atom is -0.504 e. The molecule has 1 saturated carbocycles. The Balaban J connectivity index is 1.33. The van der Waals surface area contributed by atoms with Gasteiger partial charge in [-0.1, -0.05) is 40.9 Å². The summed E-state index contributed by atoms with van der Waals surface area (Å²) < 4.78 is 5.25. The summed E-state index contributed by atoms with van der Waals surface area (Å²) in [7, 11) is 1.45. The van der Waals surface area contributed by atoms with Gasteiger partial charge in [-0.05, 0) is 85.0 Å². The lowest BCUT2D eigenvalue weighted by molar-refractivity contribution is -0.126. The number of amides is 4. The number of fused-ring (bicyclic) bond motifs is 4. The van der Waals surface area contributed by atoms with Crippen LogP contribution in [0.4, 0.5) is 11.4 Å². The molecule has 0 unspecified atom stereocenters. The Morgan fingerprint density at radius 1 is 0.721 bits per heavy atom. The highest BCUT2D eigenvalue weighted by atomic mass is 35.5. The zero-order chi connectivity index (χ0) is 30.2. The number of aromatic hydroxyl groups is 1. The zero-order valence-corrected chi connectivity index (χ0v) is 24.5. The summed E-state index contributed by atoms with van der Waals surface area (Å²) >= 11 is 12.1. The summed E-state index contributed by atoms with van der Waals surface area (Å²) in [6.07, 6.45) is 2.54. The van der Waals surface area contributed by atoms with Gasteiger partial charge in [0.1, 0.15) is 0 Å². The number of hydrogen-bond donors (Lipinski definition) is 1. The van der Waals surface area contributed by atoms with Gasteiger partial charge in [-0.2, -0.15) is 0 Å². The van der Waals surface area contributed by atoms with Crippen LogP contribution >= 0.6 is 23.2 Å². The Morgan fingerprint density at radius 3 is 1.84 bits per heavy atom. The van der Waals surface area contributed by atoms with Gasteiger partial charge in [0.2, 0.25) is 23.6 Å². The lowest BCUT2D eigenvalue weighted by atomic mass is 9.57. The molecule has 0 bridgehead atoms. The maximum atomic E-state index is 14.1. The van der Waals surface area contributed by atoms with E-state index < -0.39 is 35.5 Å². The number of carbonyl (C=O) groups is 4. The molecular formula is C33H26Cl2N2O6. The quantitative estimate of drug-likeness (QED) is 0.295. The number of carbonyl (C=O) groups excluding carboxylic acids is 4. The second-order valence-corrected chi connectivity index (χ2v) is 12.3. The molecule has 4 aliphatic rings. The number of benzene rings is 3. The van der Waals surface area contributed by atoms with Gasteiger partial charge in [0.15, 0.2) is 11.5 Å². The average Bonchev–Trinajstić information content (AvgIpc) is 3.41. The summed E-state index contributed by atoms with van der Waals surface area (Å²) in [5, 5.41) is 11.7. The van der Waals surface area contributed by atoms with Gasteiger partial charge in [0.25, 0.3) is 0 Å². The molecule has 0 spiro atoms. The van der Waals surface area contributed by atoms with Gasteiger partial charge in [0.05, 0.1) is 42.2 Å². The monoisotopic (exact) mass is 616 g/mol. The third-order valence-corrected chi connectivity index (χ3v) is 9.88. The smallest absolute Gasteiger partial charge is 0.238 e. The van der Waals surface area contributed by atoms with Crippen LogP contribution in [0.5, 0.6) is 11.5 Å². The molecule has 2 aliphatic heterocycles. The number of halogens is 2. The van der Waals surface area contributed by atoms with Crippen molar-refractivity contribution in [3.63, 3.8) is 0 Å². The van der Waals surface area contributed by atoms with Crippen LogP contribution in [0.15, 0.2) is 78.4 Å². The Kier molecular flexibility index (Phi) is 6.59. The molecule has 10 heteroatoms. The maximum Gasteiger partial charge on any atom is 0.238 e. The van der Waals surface area contributed by atoms with Crippen LogP contribution in [-0.2, 0) is 19.2 Å². The van der Waals surface area contributed by atoms with Gasteiger partial charge in [-0.25, -0.2) is 0 Å². The molecule has 218 valence electrons. The van der Waals surface area contributed by atoms with E-state index in [1.54, 1.807) is 66.7 Å². The fourth-order valence-corrected chi connectivity index (χ4v) is 7.81. The number of anilines is 2. The molecule has 1 N–H and O–H groups in total. The average molecular weight is 617 g/mol. The maximum absolute atomic E-state index is 14.1. The second kappa shape index (κ2) is 10.2. The van der Waals surface area contributed by atoms with Crippen LogP contribution in [0.25, 0.3) is 0 Å². The molecular weight excluding hydrogens is 591 g/mol.